The highest BCUT2D eigenvalue weighted by molar-refractivity contribution is 7.96. The molecule has 4 heteroatoms. The van der Waals surface area contributed by atoms with E-state index in [2.05, 4.69) is 22.9 Å². The molecular formula is C10H8N2OS. The van der Waals surface area contributed by atoms with Gasteiger partial charge in [0.25, 0.3) is 5.24 Å². The highest BCUT2D eigenvalue weighted by atomic mass is 32.1. The molecule has 1 heterocycles. The second kappa shape index (κ2) is 3.67. The van der Waals surface area contributed by atoms with Gasteiger partial charge < -0.3 is 5.32 Å². The topological polar surface area (TPSA) is 42.0 Å². The molecule has 1 aromatic heterocycles. The molecule has 2 aromatic rings. The lowest BCUT2D eigenvalue weighted by atomic mass is 10.2. The number of pyridine rings is 1. The lowest BCUT2D eigenvalue weighted by molar-refractivity contribution is 0.270. The predicted octanol–water partition coefficient (Wildman–Crippen LogP) is 2.70. The summed E-state index contributed by atoms with van der Waals surface area (Å²) >= 11 is 3.61. The molecule has 0 aliphatic carbocycles. The molecule has 0 radical (unpaired) electrons. The number of hydrogen-bond acceptors (Lipinski definition) is 2. The van der Waals surface area contributed by atoms with Crippen molar-refractivity contribution in [2.24, 2.45) is 0 Å². The molecule has 1 aromatic carbocycles. The molecule has 0 spiro atoms. The summed E-state index contributed by atoms with van der Waals surface area (Å²) in [6, 6.07) is 11.4. The van der Waals surface area contributed by atoms with Crippen LogP contribution in [0.2, 0.25) is 0 Å². The highest BCUT2D eigenvalue weighted by Crippen LogP contribution is 2.14. The third-order valence-corrected chi connectivity index (χ3v) is 1.95. The quantitative estimate of drug-likeness (QED) is 0.701. The molecule has 0 bridgehead atoms. The third kappa shape index (κ3) is 1.85. The Morgan fingerprint density at radius 2 is 2.00 bits per heavy atom. The van der Waals surface area contributed by atoms with Crippen LogP contribution in [0.4, 0.5) is 10.6 Å². The number of nitrogens with zero attached hydrogens (tertiary/aromatic N) is 1. The number of hydrogen-bond donors (Lipinski definition) is 2. The zero-order valence-electron chi connectivity index (χ0n) is 7.27. The Bertz CT molecular complexity index is 484. The van der Waals surface area contributed by atoms with E-state index in [4.69, 9.17) is 0 Å². The van der Waals surface area contributed by atoms with Gasteiger partial charge in [-0.15, -0.1) is 0 Å². The number of aromatic nitrogens is 1. The zero-order valence-corrected chi connectivity index (χ0v) is 8.16. The number of para-hydroxylation sites is 1. The van der Waals surface area contributed by atoms with Gasteiger partial charge >= 0.3 is 0 Å². The van der Waals surface area contributed by atoms with Crippen molar-refractivity contribution in [2.75, 3.05) is 5.32 Å². The monoisotopic (exact) mass is 204 g/mol. The molecule has 0 saturated carbocycles. The number of rotatable bonds is 1. The first-order valence-electron chi connectivity index (χ1n) is 4.11. The molecule has 1 N–H and O–H groups in total. The lowest BCUT2D eigenvalue weighted by Crippen LogP contribution is -2.02. The molecule has 0 aliphatic rings. The standard InChI is InChI=1S/C10H8N2OS/c13-10(14)12-9-6-5-7-3-1-2-4-8(7)11-9/h1-6H,(H2,11,12,13,14). The normalized spacial score (nSPS) is 10.1. The largest absolute Gasteiger partial charge is 0.302 e. The third-order valence-electron chi connectivity index (χ3n) is 1.83. The molecule has 0 aliphatic heterocycles. The molecule has 70 valence electrons. The zero-order chi connectivity index (χ0) is 9.97. The number of fused-ring (bicyclic) bond motifs is 1. The predicted molar refractivity (Wildman–Crippen MR) is 59.7 cm³/mol. The number of amides is 1. The molecule has 2 rings (SSSR count). The first-order valence-corrected chi connectivity index (χ1v) is 4.56. The van der Waals surface area contributed by atoms with E-state index in [9.17, 15) is 4.79 Å². The van der Waals surface area contributed by atoms with Crippen LogP contribution >= 0.6 is 12.6 Å². The Morgan fingerprint density at radius 3 is 2.79 bits per heavy atom. The van der Waals surface area contributed by atoms with Crippen LogP contribution in [0, 0.1) is 0 Å². The minimum absolute atomic E-state index is 0.409. The van der Waals surface area contributed by atoms with E-state index >= 15 is 0 Å². The first kappa shape index (κ1) is 9.02. The molecular weight excluding hydrogens is 196 g/mol. The molecule has 14 heavy (non-hydrogen) atoms. The Kier molecular flexibility index (Phi) is 2.37. The Balaban J connectivity index is 2.46. The SMILES string of the molecule is O=C(S)Nc1ccc2ccccc2n1. The number of carbonyl (C=O) groups is 1. The number of anilines is 1. The van der Waals surface area contributed by atoms with Gasteiger partial charge in [-0.3, -0.25) is 4.79 Å². The van der Waals surface area contributed by atoms with Crippen LogP contribution in [0.3, 0.4) is 0 Å². The Labute approximate surface area is 86.6 Å². The highest BCUT2D eigenvalue weighted by Gasteiger charge is 1.98. The van der Waals surface area contributed by atoms with Gasteiger partial charge in [0.1, 0.15) is 5.82 Å². The number of nitrogens with one attached hydrogen (secondary N) is 1. The van der Waals surface area contributed by atoms with Crippen molar-refractivity contribution in [1.82, 2.24) is 4.98 Å². The van der Waals surface area contributed by atoms with E-state index in [0.29, 0.717) is 5.82 Å². The summed E-state index contributed by atoms with van der Waals surface area (Å²) in [4.78, 5) is 14.9. The van der Waals surface area contributed by atoms with Gasteiger partial charge in [0.2, 0.25) is 0 Å². The smallest absolute Gasteiger partial charge is 0.281 e. The van der Waals surface area contributed by atoms with Crippen molar-refractivity contribution in [3.8, 4) is 0 Å². The summed E-state index contributed by atoms with van der Waals surface area (Å²) in [7, 11) is 0. The second-order valence-electron chi connectivity index (χ2n) is 2.82. The van der Waals surface area contributed by atoms with Crippen LogP contribution in [-0.2, 0) is 0 Å². The van der Waals surface area contributed by atoms with Gasteiger partial charge in [-0.2, -0.15) is 0 Å². The minimum atomic E-state index is -0.409. The van der Waals surface area contributed by atoms with E-state index < -0.39 is 5.24 Å². The second-order valence-corrected chi connectivity index (χ2v) is 3.23. The molecule has 1 amide bonds. The van der Waals surface area contributed by atoms with E-state index in [1.54, 1.807) is 6.07 Å². The minimum Gasteiger partial charge on any atom is -0.302 e. The van der Waals surface area contributed by atoms with E-state index in [1.165, 1.54) is 0 Å². The molecule has 0 unspecified atom stereocenters. The lowest BCUT2D eigenvalue weighted by Gasteiger charge is -2.01. The van der Waals surface area contributed by atoms with E-state index in [1.807, 2.05) is 30.3 Å². The average molecular weight is 204 g/mol. The van der Waals surface area contributed by atoms with Crippen molar-refractivity contribution in [2.45, 2.75) is 0 Å². The van der Waals surface area contributed by atoms with E-state index in [0.717, 1.165) is 10.9 Å². The fourth-order valence-corrected chi connectivity index (χ4v) is 1.36. The molecule has 0 fully saturated rings. The first-order chi connectivity index (χ1) is 6.75. The van der Waals surface area contributed by atoms with Gasteiger partial charge in [-0.1, -0.05) is 30.8 Å². The van der Waals surface area contributed by atoms with Crippen LogP contribution in [-0.4, -0.2) is 10.2 Å². The summed E-state index contributed by atoms with van der Waals surface area (Å²) in [5, 5.41) is 3.15. The molecule has 0 atom stereocenters. The van der Waals surface area contributed by atoms with Gasteiger partial charge in [-0.25, -0.2) is 4.98 Å². The van der Waals surface area contributed by atoms with Crippen LogP contribution in [0.25, 0.3) is 10.9 Å². The summed E-state index contributed by atoms with van der Waals surface area (Å²) < 4.78 is 0. The number of thiol groups is 1. The maximum Gasteiger partial charge on any atom is 0.281 e. The molecule has 0 saturated heterocycles. The number of benzene rings is 1. The average Bonchev–Trinajstić information content (AvgIpc) is 2.17. The van der Waals surface area contributed by atoms with Crippen LogP contribution in [0.1, 0.15) is 0 Å². The van der Waals surface area contributed by atoms with Crippen molar-refractivity contribution in [3.05, 3.63) is 36.4 Å². The van der Waals surface area contributed by atoms with Gasteiger partial charge in [0.05, 0.1) is 5.52 Å². The summed E-state index contributed by atoms with van der Waals surface area (Å²) in [6.45, 7) is 0. The van der Waals surface area contributed by atoms with E-state index in [-0.39, 0.29) is 0 Å². The Morgan fingerprint density at radius 1 is 1.21 bits per heavy atom. The van der Waals surface area contributed by atoms with Crippen LogP contribution < -0.4 is 5.32 Å². The molecule has 3 nitrogen and oxygen atoms in total. The fourth-order valence-electron chi connectivity index (χ4n) is 1.25. The van der Waals surface area contributed by atoms with Crippen molar-refractivity contribution >= 4 is 34.6 Å². The maximum absolute atomic E-state index is 10.7. The van der Waals surface area contributed by atoms with Gasteiger partial charge in [-0.05, 0) is 18.2 Å². The summed E-state index contributed by atoms with van der Waals surface area (Å²) in [5.74, 6) is 0.517. The van der Waals surface area contributed by atoms with Crippen LogP contribution in [0.5, 0.6) is 0 Å². The van der Waals surface area contributed by atoms with Crippen LogP contribution in [0.15, 0.2) is 36.4 Å². The van der Waals surface area contributed by atoms with Crippen molar-refractivity contribution < 1.29 is 4.79 Å². The summed E-state index contributed by atoms with van der Waals surface area (Å²) in [6.07, 6.45) is 0. The Hall–Kier alpha value is -1.55. The maximum atomic E-state index is 10.7. The van der Waals surface area contributed by atoms with Gasteiger partial charge in [0.15, 0.2) is 0 Å². The van der Waals surface area contributed by atoms with Crippen molar-refractivity contribution in [3.63, 3.8) is 0 Å². The fraction of sp³-hybridized carbons (Fsp3) is 0. The van der Waals surface area contributed by atoms with Crippen molar-refractivity contribution in [1.29, 1.82) is 0 Å². The summed E-state index contributed by atoms with van der Waals surface area (Å²) in [5.41, 5.74) is 0.854. The number of carbonyl (C=O) groups excluding carboxylic acids is 1. The van der Waals surface area contributed by atoms with Gasteiger partial charge in [0, 0.05) is 5.39 Å².